The number of fused-ring (bicyclic) bond motifs is 2. The molecule has 1 saturated heterocycles. The number of rotatable bonds is 4. The van der Waals surface area contributed by atoms with E-state index in [1.54, 1.807) is 34.9 Å². The van der Waals surface area contributed by atoms with E-state index in [1.165, 1.54) is 0 Å². The molecular formula is C22H22N2O3S. The van der Waals surface area contributed by atoms with Gasteiger partial charge in [-0.05, 0) is 47.6 Å². The summed E-state index contributed by atoms with van der Waals surface area (Å²) >= 11 is 1.80. The van der Waals surface area contributed by atoms with E-state index in [-0.39, 0.29) is 23.6 Å². The van der Waals surface area contributed by atoms with Crippen molar-refractivity contribution in [2.45, 2.75) is 24.6 Å². The Morgan fingerprint density at radius 1 is 1.14 bits per heavy atom. The highest BCUT2D eigenvalue weighted by atomic mass is 32.2. The Morgan fingerprint density at radius 3 is 2.61 bits per heavy atom. The fraction of sp³-hybridized carbons (Fsp3) is 0.273. The summed E-state index contributed by atoms with van der Waals surface area (Å²) in [7, 11) is 0. The maximum Gasteiger partial charge on any atom is 0.256 e. The summed E-state index contributed by atoms with van der Waals surface area (Å²) in [5.74, 6) is 1.02. The zero-order chi connectivity index (χ0) is 19.7. The topological polar surface area (TPSA) is 69.6 Å². The predicted molar refractivity (Wildman–Crippen MR) is 113 cm³/mol. The molecule has 0 saturated carbocycles. The number of anilines is 1. The normalized spacial score (nSPS) is 21.4. The van der Waals surface area contributed by atoms with Crippen molar-refractivity contribution in [3.05, 3.63) is 59.2 Å². The molecule has 0 spiro atoms. The third kappa shape index (κ3) is 3.64. The Labute approximate surface area is 168 Å². The number of carbonyl (C=O) groups is 2. The van der Waals surface area contributed by atoms with E-state index in [9.17, 15) is 14.7 Å². The van der Waals surface area contributed by atoms with Crippen LogP contribution in [0.2, 0.25) is 0 Å². The lowest BCUT2D eigenvalue weighted by molar-refractivity contribution is -0.119. The summed E-state index contributed by atoms with van der Waals surface area (Å²) in [6.45, 7) is 2.71. The SMILES string of the molecule is CCSC1CC2C(=O)Nc3ccc(C=Cc4ccc(O)cc4)cc3C(=O)N2C1. The van der Waals surface area contributed by atoms with Gasteiger partial charge in [-0.25, -0.2) is 0 Å². The van der Waals surface area contributed by atoms with Gasteiger partial charge in [0.25, 0.3) is 5.91 Å². The average Bonchev–Trinajstić information content (AvgIpc) is 3.08. The molecule has 2 atom stereocenters. The monoisotopic (exact) mass is 394 g/mol. The van der Waals surface area contributed by atoms with Crippen molar-refractivity contribution < 1.29 is 14.7 Å². The second kappa shape index (κ2) is 7.72. The number of nitrogens with one attached hydrogen (secondary N) is 1. The molecule has 0 bridgehead atoms. The Kier molecular flexibility index (Phi) is 5.13. The van der Waals surface area contributed by atoms with E-state index < -0.39 is 0 Å². The summed E-state index contributed by atoms with van der Waals surface area (Å²) in [4.78, 5) is 27.5. The van der Waals surface area contributed by atoms with Gasteiger partial charge < -0.3 is 15.3 Å². The number of thioether (sulfide) groups is 1. The van der Waals surface area contributed by atoms with Gasteiger partial charge in [0.2, 0.25) is 5.91 Å². The molecule has 0 radical (unpaired) electrons. The number of benzene rings is 2. The lowest BCUT2D eigenvalue weighted by Gasteiger charge is -2.20. The molecule has 2 N–H and O–H groups in total. The number of phenols is 1. The highest BCUT2D eigenvalue weighted by molar-refractivity contribution is 7.99. The van der Waals surface area contributed by atoms with Crippen LogP contribution in [0.4, 0.5) is 5.69 Å². The standard InChI is InChI=1S/C22H22N2O3S/c1-2-28-17-12-20-21(26)23-19-10-7-15(11-18(19)22(27)24(20)13-17)4-3-14-5-8-16(25)9-6-14/h3-11,17,20,25H,2,12-13H2,1H3,(H,23,26). The number of hydrogen-bond acceptors (Lipinski definition) is 4. The van der Waals surface area contributed by atoms with Crippen molar-refractivity contribution in [2.24, 2.45) is 0 Å². The van der Waals surface area contributed by atoms with Crippen molar-refractivity contribution in [3.8, 4) is 5.75 Å². The third-order valence-electron chi connectivity index (χ3n) is 5.12. The quantitative estimate of drug-likeness (QED) is 0.773. The number of nitrogens with zero attached hydrogens (tertiary/aromatic N) is 1. The van der Waals surface area contributed by atoms with Gasteiger partial charge in [-0.15, -0.1) is 0 Å². The Balaban J connectivity index is 1.61. The molecule has 4 rings (SSSR count). The molecule has 1 fully saturated rings. The zero-order valence-electron chi connectivity index (χ0n) is 15.6. The Hall–Kier alpha value is -2.73. The van der Waals surface area contributed by atoms with Gasteiger partial charge in [-0.2, -0.15) is 11.8 Å². The van der Waals surface area contributed by atoms with Crippen molar-refractivity contribution in [1.82, 2.24) is 4.90 Å². The van der Waals surface area contributed by atoms with Crippen LogP contribution in [0.5, 0.6) is 5.75 Å². The number of hydrogen-bond donors (Lipinski definition) is 2. The summed E-state index contributed by atoms with van der Waals surface area (Å²) < 4.78 is 0. The first-order valence-corrected chi connectivity index (χ1v) is 10.4. The van der Waals surface area contributed by atoms with Crippen LogP contribution < -0.4 is 5.32 Å². The van der Waals surface area contributed by atoms with Gasteiger partial charge in [0.05, 0.1) is 11.3 Å². The van der Waals surface area contributed by atoms with Crippen molar-refractivity contribution in [1.29, 1.82) is 0 Å². The lowest BCUT2D eigenvalue weighted by Crippen LogP contribution is -2.40. The first kappa shape index (κ1) is 18.6. The molecule has 144 valence electrons. The van der Waals surface area contributed by atoms with E-state index in [0.717, 1.165) is 16.9 Å². The van der Waals surface area contributed by atoms with Gasteiger partial charge >= 0.3 is 0 Å². The first-order valence-electron chi connectivity index (χ1n) is 9.39. The molecule has 0 aliphatic carbocycles. The molecule has 28 heavy (non-hydrogen) atoms. The fourth-order valence-electron chi connectivity index (χ4n) is 3.73. The molecule has 2 amide bonds. The summed E-state index contributed by atoms with van der Waals surface area (Å²) in [6, 6.07) is 12.0. The molecule has 2 heterocycles. The van der Waals surface area contributed by atoms with Gasteiger partial charge in [0.1, 0.15) is 11.8 Å². The summed E-state index contributed by atoms with van der Waals surface area (Å²) in [5.41, 5.74) is 2.94. The maximum atomic E-state index is 13.2. The minimum atomic E-state index is -0.389. The van der Waals surface area contributed by atoms with Gasteiger partial charge in [-0.1, -0.05) is 37.3 Å². The zero-order valence-corrected chi connectivity index (χ0v) is 16.4. The number of amides is 2. The van der Waals surface area contributed by atoms with Crippen LogP contribution >= 0.6 is 11.8 Å². The highest BCUT2D eigenvalue weighted by Gasteiger charge is 2.42. The van der Waals surface area contributed by atoms with Crippen LogP contribution in [0.1, 0.15) is 34.8 Å². The molecule has 2 aliphatic rings. The third-order valence-corrected chi connectivity index (χ3v) is 6.27. The van der Waals surface area contributed by atoms with Crippen molar-refractivity contribution in [2.75, 3.05) is 17.6 Å². The van der Waals surface area contributed by atoms with E-state index in [1.807, 2.05) is 36.4 Å². The molecule has 2 aromatic rings. The van der Waals surface area contributed by atoms with Crippen LogP contribution in [0.25, 0.3) is 12.2 Å². The predicted octanol–water partition coefficient (Wildman–Crippen LogP) is 3.85. The van der Waals surface area contributed by atoms with E-state index in [4.69, 9.17) is 0 Å². The minimum Gasteiger partial charge on any atom is -0.508 e. The molecule has 2 aliphatic heterocycles. The number of phenolic OH excluding ortho intramolecular Hbond substituents is 1. The first-order chi connectivity index (χ1) is 13.5. The minimum absolute atomic E-state index is 0.0857. The van der Waals surface area contributed by atoms with Crippen molar-refractivity contribution >= 4 is 41.4 Å². The van der Waals surface area contributed by atoms with Gasteiger partial charge in [0, 0.05) is 11.8 Å². The molecule has 6 heteroatoms. The molecule has 2 aromatic carbocycles. The number of carbonyl (C=O) groups excluding carboxylic acids is 2. The fourth-order valence-corrected chi connectivity index (χ4v) is 4.78. The Bertz CT molecular complexity index is 939. The molecular weight excluding hydrogens is 372 g/mol. The number of aromatic hydroxyl groups is 1. The van der Waals surface area contributed by atoms with Crippen LogP contribution in [-0.2, 0) is 4.79 Å². The molecule has 5 nitrogen and oxygen atoms in total. The van der Waals surface area contributed by atoms with E-state index >= 15 is 0 Å². The summed E-state index contributed by atoms with van der Waals surface area (Å²) in [5, 5.41) is 12.6. The second-order valence-electron chi connectivity index (χ2n) is 7.01. The van der Waals surface area contributed by atoms with Crippen LogP contribution in [-0.4, -0.2) is 45.4 Å². The van der Waals surface area contributed by atoms with Crippen molar-refractivity contribution in [3.63, 3.8) is 0 Å². The second-order valence-corrected chi connectivity index (χ2v) is 8.58. The molecule has 2 unspecified atom stereocenters. The molecule has 0 aromatic heterocycles. The van der Waals surface area contributed by atoms with Gasteiger partial charge in [0.15, 0.2) is 0 Å². The smallest absolute Gasteiger partial charge is 0.256 e. The lowest BCUT2D eigenvalue weighted by atomic mass is 10.1. The highest BCUT2D eigenvalue weighted by Crippen LogP contribution is 2.33. The van der Waals surface area contributed by atoms with E-state index in [0.29, 0.717) is 29.5 Å². The van der Waals surface area contributed by atoms with Crippen LogP contribution in [0, 0.1) is 0 Å². The van der Waals surface area contributed by atoms with Crippen LogP contribution in [0.15, 0.2) is 42.5 Å². The Morgan fingerprint density at radius 2 is 1.86 bits per heavy atom. The summed E-state index contributed by atoms with van der Waals surface area (Å²) in [6.07, 6.45) is 4.55. The largest absolute Gasteiger partial charge is 0.508 e. The average molecular weight is 394 g/mol. The van der Waals surface area contributed by atoms with Crippen LogP contribution in [0.3, 0.4) is 0 Å². The maximum absolute atomic E-state index is 13.2. The van der Waals surface area contributed by atoms with Gasteiger partial charge in [-0.3, -0.25) is 9.59 Å². The van der Waals surface area contributed by atoms with E-state index in [2.05, 4.69) is 12.2 Å².